The average molecular weight is 282 g/mol. The molecule has 0 saturated heterocycles. The van der Waals surface area contributed by atoms with E-state index >= 15 is 0 Å². The molecule has 0 aliphatic carbocycles. The normalized spacial score (nSPS) is 11.8. The van der Waals surface area contributed by atoms with Crippen molar-refractivity contribution in [2.75, 3.05) is 6.61 Å². The van der Waals surface area contributed by atoms with Crippen LogP contribution in [0, 0.1) is 0 Å². The van der Waals surface area contributed by atoms with Gasteiger partial charge in [0.15, 0.2) is 0 Å². The fraction of sp³-hybridized carbons (Fsp3) is 0.375. The van der Waals surface area contributed by atoms with Crippen molar-refractivity contribution in [2.45, 2.75) is 31.9 Å². The van der Waals surface area contributed by atoms with Gasteiger partial charge in [-0.15, -0.1) is 0 Å². The monoisotopic (exact) mass is 282 g/mol. The standard InChI is InChI=1S/C16H17F3O/c17-16(18,19)11-4-1-5-12-20-15-10-6-8-13-7-2-3-9-14(13)15/h2-3,6-10H,1,4-5,11-12H2. The molecule has 2 rings (SSSR count). The highest BCUT2D eigenvalue weighted by molar-refractivity contribution is 5.88. The fourth-order valence-corrected chi connectivity index (χ4v) is 2.11. The van der Waals surface area contributed by atoms with Crippen molar-refractivity contribution >= 4 is 10.8 Å². The molecule has 20 heavy (non-hydrogen) atoms. The van der Waals surface area contributed by atoms with Gasteiger partial charge in [-0.1, -0.05) is 36.4 Å². The quantitative estimate of drug-likeness (QED) is 0.650. The summed E-state index contributed by atoms with van der Waals surface area (Å²) in [6, 6.07) is 13.7. The molecule has 0 aliphatic rings. The van der Waals surface area contributed by atoms with Gasteiger partial charge in [-0.25, -0.2) is 0 Å². The number of hydrogen-bond donors (Lipinski definition) is 0. The van der Waals surface area contributed by atoms with Crippen molar-refractivity contribution in [3.8, 4) is 5.75 Å². The molecule has 4 heteroatoms. The molecular formula is C16H17F3O. The van der Waals surface area contributed by atoms with Gasteiger partial charge in [-0.2, -0.15) is 13.2 Å². The number of ether oxygens (including phenoxy) is 1. The van der Waals surface area contributed by atoms with E-state index in [9.17, 15) is 13.2 Å². The van der Waals surface area contributed by atoms with Crippen LogP contribution in [0.5, 0.6) is 5.75 Å². The Hall–Kier alpha value is -1.71. The van der Waals surface area contributed by atoms with Crippen LogP contribution in [0.1, 0.15) is 25.7 Å². The van der Waals surface area contributed by atoms with Crippen LogP contribution in [0.2, 0.25) is 0 Å². The van der Waals surface area contributed by atoms with Crippen molar-refractivity contribution in [1.82, 2.24) is 0 Å². The minimum Gasteiger partial charge on any atom is -0.493 e. The lowest BCUT2D eigenvalue weighted by atomic mass is 10.1. The maximum atomic E-state index is 12.0. The molecule has 0 aromatic heterocycles. The third-order valence-electron chi connectivity index (χ3n) is 3.11. The van der Waals surface area contributed by atoms with E-state index in [-0.39, 0.29) is 6.42 Å². The van der Waals surface area contributed by atoms with Crippen LogP contribution in [-0.2, 0) is 0 Å². The molecule has 0 spiro atoms. The van der Waals surface area contributed by atoms with Crippen LogP contribution < -0.4 is 4.74 Å². The van der Waals surface area contributed by atoms with Crippen molar-refractivity contribution in [3.05, 3.63) is 42.5 Å². The Morgan fingerprint density at radius 3 is 2.40 bits per heavy atom. The first kappa shape index (κ1) is 14.7. The SMILES string of the molecule is FC(F)(F)CCCCCOc1cccc2ccccc12. The zero-order valence-electron chi connectivity index (χ0n) is 11.1. The Balaban J connectivity index is 1.79. The van der Waals surface area contributed by atoms with Crippen LogP contribution in [-0.4, -0.2) is 12.8 Å². The van der Waals surface area contributed by atoms with Crippen LogP contribution in [0.25, 0.3) is 10.8 Å². The molecule has 2 aromatic rings. The van der Waals surface area contributed by atoms with Crippen molar-refractivity contribution in [1.29, 1.82) is 0 Å². The van der Waals surface area contributed by atoms with Gasteiger partial charge in [0.25, 0.3) is 0 Å². The van der Waals surface area contributed by atoms with Crippen molar-refractivity contribution in [3.63, 3.8) is 0 Å². The molecule has 0 fully saturated rings. The molecule has 0 bridgehead atoms. The number of hydrogen-bond acceptors (Lipinski definition) is 1. The highest BCUT2D eigenvalue weighted by Gasteiger charge is 2.25. The highest BCUT2D eigenvalue weighted by atomic mass is 19.4. The summed E-state index contributed by atoms with van der Waals surface area (Å²) >= 11 is 0. The summed E-state index contributed by atoms with van der Waals surface area (Å²) in [5.41, 5.74) is 0. The first-order valence-electron chi connectivity index (χ1n) is 6.73. The van der Waals surface area contributed by atoms with E-state index in [1.807, 2.05) is 42.5 Å². The Kier molecular flexibility index (Phi) is 4.88. The molecule has 0 N–H and O–H groups in total. The third-order valence-corrected chi connectivity index (χ3v) is 3.11. The van der Waals surface area contributed by atoms with E-state index in [1.54, 1.807) is 0 Å². The molecule has 0 radical (unpaired) electrons. The predicted octanol–water partition coefficient (Wildman–Crippen LogP) is 5.34. The first-order valence-corrected chi connectivity index (χ1v) is 6.73. The maximum Gasteiger partial charge on any atom is 0.389 e. The van der Waals surface area contributed by atoms with Gasteiger partial charge in [-0.3, -0.25) is 0 Å². The van der Waals surface area contributed by atoms with Gasteiger partial charge in [0.2, 0.25) is 0 Å². The Labute approximate surface area is 116 Å². The van der Waals surface area contributed by atoms with Crippen LogP contribution in [0.15, 0.2) is 42.5 Å². The average Bonchev–Trinajstić information content (AvgIpc) is 2.41. The topological polar surface area (TPSA) is 9.23 Å². The Bertz CT molecular complexity index is 543. The predicted molar refractivity (Wildman–Crippen MR) is 74.0 cm³/mol. The zero-order chi connectivity index (χ0) is 14.4. The maximum absolute atomic E-state index is 12.0. The van der Waals surface area contributed by atoms with E-state index in [0.29, 0.717) is 19.4 Å². The highest BCUT2D eigenvalue weighted by Crippen LogP contribution is 2.26. The molecule has 0 amide bonds. The molecule has 1 nitrogen and oxygen atoms in total. The lowest BCUT2D eigenvalue weighted by Crippen LogP contribution is -2.06. The second-order valence-corrected chi connectivity index (χ2v) is 4.75. The molecule has 0 unspecified atom stereocenters. The number of benzene rings is 2. The summed E-state index contributed by atoms with van der Waals surface area (Å²) in [6.07, 6.45) is -3.41. The molecule has 2 aromatic carbocycles. The van der Waals surface area contributed by atoms with E-state index in [0.717, 1.165) is 16.5 Å². The molecule has 0 aliphatic heterocycles. The van der Waals surface area contributed by atoms with E-state index < -0.39 is 12.6 Å². The first-order chi connectivity index (χ1) is 9.56. The van der Waals surface area contributed by atoms with Gasteiger partial charge in [0, 0.05) is 11.8 Å². The van der Waals surface area contributed by atoms with Crippen LogP contribution in [0.3, 0.4) is 0 Å². The van der Waals surface area contributed by atoms with Crippen molar-refractivity contribution < 1.29 is 17.9 Å². The van der Waals surface area contributed by atoms with Gasteiger partial charge < -0.3 is 4.74 Å². The summed E-state index contributed by atoms with van der Waals surface area (Å²) in [7, 11) is 0. The largest absolute Gasteiger partial charge is 0.493 e. The lowest BCUT2D eigenvalue weighted by molar-refractivity contribution is -0.135. The zero-order valence-corrected chi connectivity index (χ0v) is 11.1. The number of rotatable bonds is 6. The van der Waals surface area contributed by atoms with Crippen LogP contribution >= 0.6 is 0 Å². The summed E-state index contributed by atoms with van der Waals surface area (Å²) in [4.78, 5) is 0. The van der Waals surface area contributed by atoms with Gasteiger partial charge in [0.1, 0.15) is 5.75 Å². The number of halogens is 3. The second-order valence-electron chi connectivity index (χ2n) is 4.75. The third kappa shape index (κ3) is 4.44. The summed E-state index contributed by atoms with van der Waals surface area (Å²) in [5.74, 6) is 0.791. The molecule has 0 atom stereocenters. The van der Waals surface area contributed by atoms with E-state index in [1.165, 1.54) is 0 Å². The molecular weight excluding hydrogens is 265 g/mol. The Morgan fingerprint density at radius 1 is 0.850 bits per heavy atom. The minimum absolute atomic E-state index is 0.169. The summed E-state index contributed by atoms with van der Waals surface area (Å²) in [6.45, 7) is 0.450. The molecule has 0 heterocycles. The summed E-state index contributed by atoms with van der Waals surface area (Å²) < 4.78 is 41.6. The number of fused-ring (bicyclic) bond motifs is 1. The number of alkyl halides is 3. The Morgan fingerprint density at radius 2 is 1.60 bits per heavy atom. The minimum atomic E-state index is -4.05. The number of unbranched alkanes of at least 4 members (excludes halogenated alkanes) is 2. The summed E-state index contributed by atoms with van der Waals surface area (Å²) in [5, 5.41) is 2.13. The van der Waals surface area contributed by atoms with Gasteiger partial charge >= 0.3 is 6.18 Å². The van der Waals surface area contributed by atoms with Crippen LogP contribution in [0.4, 0.5) is 13.2 Å². The smallest absolute Gasteiger partial charge is 0.389 e. The van der Waals surface area contributed by atoms with Gasteiger partial charge in [0.05, 0.1) is 6.61 Å². The van der Waals surface area contributed by atoms with E-state index in [2.05, 4.69) is 0 Å². The van der Waals surface area contributed by atoms with Crippen molar-refractivity contribution in [2.24, 2.45) is 0 Å². The molecule has 0 saturated carbocycles. The van der Waals surface area contributed by atoms with Gasteiger partial charge in [-0.05, 0) is 30.7 Å². The molecule has 108 valence electrons. The second kappa shape index (κ2) is 6.64. The fourth-order valence-electron chi connectivity index (χ4n) is 2.11. The lowest BCUT2D eigenvalue weighted by Gasteiger charge is -2.09. The van der Waals surface area contributed by atoms with E-state index in [4.69, 9.17) is 4.74 Å².